The van der Waals surface area contributed by atoms with Crippen LogP contribution in [0.5, 0.6) is 0 Å². The molecule has 0 saturated carbocycles. The third-order valence-corrected chi connectivity index (χ3v) is 13.0. The molecule has 0 fully saturated rings. The van der Waals surface area contributed by atoms with E-state index in [4.69, 9.17) is 14.2 Å². The van der Waals surface area contributed by atoms with Crippen LogP contribution in [0.1, 0.15) is 284 Å². The zero-order valence-electron chi connectivity index (χ0n) is 48.3. The maximum atomic E-state index is 12.9. The summed E-state index contributed by atoms with van der Waals surface area (Å²) in [6.45, 7) is 6.39. The molecule has 422 valence electrons. The smallest absolute Gasteiger partial charge is 0.306 e. The summed E-state index contributed by atoms with van der Waals surface area (Å²) in [6, 6.07) is 0. The molecule has 0 spiro atoms. The molecule has 0 aliphatic carbocycles. The van der Waals surface area contributed by atoms with E-state index in [9.17, 15) is 14.4 Å². The van der Waals surface area contributed by atoms with Gasteiger partial charge < -0.3 is 14.2 Å². The number of allylic oxidation sites excluding steroid dienone is 18. The van der Waals surface area contributed by atoms with Gasteiger partial charge in [-0.05, 0) is 103 Å². The van der Waals surface area contributed by atoms with Gasteiger partial charge in [-0.3, -0.25) is 14.4 Å². The summed E-state index contributed by atoms with van der Waals surface area (Å²) >= 11 is 0. The first kappa shape index (κ1) is 70.1. The van der Waals surface area contributed by atoms with E-state index >= 15 is 0 Å². The minimum Gasteiger partial charge on any atom is -0.462 e. The standard InChI is InChI=1S/C68H114O6/c1-4-7-10-13-16-19-22-25-28-30-31-32-33-34-35-36-37-38-41-43-46-49-52-55-58-61-67(70)73-64-65(63-72-66(69)60-57-54-51-48-45-42-39-27-24-21-18-15-12-9-6-3)74-68(71)62-59-56-53-50-47-44-40-29-26-23-20-17-14-11-8-5-2/h7,9-10,12,16,18-19,21,25,27-28,31-32,34-35,39,45,48,65H,4-6,8,11,13-15,17,20,22-24,26,29-30,33,36-38,40-44,46-47,49-64H2,1-3H3/b10-7-,12-9-,19-16-,21-18-,28-25-,32-31-,35-34-,39-27-,48-45-. The van der Waals surface area contributed by atoms with Gasteiger partial charge >= 0.3 is 17.9 Å². The Labute approximate surface area is 457 Å². The van der Waals surface area contributed by atoms with Gasteiger partial charge in [-0.25, -0.2) is 0 Å². The molecule has 0 radical (unpaired) electrons. The second-order valence-corrected chi connectivity index (χ2v) is 20.2. The number of rotatable bonds is 55. The molecule has 1 atom stereocenters. The van der Waals surface area contributed by atoms with Crippen molar-refractivity contribution in [1.82, 2.24) is 0 Å². The van der Waals surface area contributed by atoms with Gasteiger partial charge in [0.05, 0.1) is 0 Å². The Balaban J connectivity index is 4.38. The lowest BCUT2D eigenvalue weighted by Crippen LogP contribution is -2.30. The van der Waals surface area contributed by atoms with Crippen LogP contribution in [0.2, 0.25) is 0 Å². The molecule has 0 aromatic rings. The van der Waals surface area contributed by atoms with E-state index in [2.05, 4.69) is 130 Å². The minimum atomic E-state index is -0.798. The molecule has 0 bridgehead atoms. The van der Waals surface area contributed by atoms with Crippen molar-refractivity contribution in [2.75, 3.05) is 13.2 Å². The van der Waals surface area contributed by atoms with Gasteiger partial charge in [0.15, 0.2) is 6.10 Å². The fraction of sp³-hybridized carbons (Fsp3) is 0.691. The van der Waals surface area contributed by atoms with Crippen molar-refractivity contribution in [3.63, 3.8) is 0 Å². The van der Waals surface area contributed by atoms with Crippen LogP contribution in [-0.4, -0.2) is 37.2 Å². The van der Waals surface area contributed by atoms with Crippen molar-refractivity contribution in [3.05, 3.63) is 109 Å². The van der Waals surface area contributed by atoms with E-state index in [1.807, 2.05) is 0 Å². The fourth-order valence-corrected chi connectivity index (χ4v) is 8.46. The molecule has 0 saturated heterocycles. The number of esters is 3. The van der Waals surface area contributed by atoms with Crippen LogP contribution < -0.4 is 0 Å². The van der Waals surface area contributed by atoms with E-state index in [1.54, 1.807) is 0 Å². The lowest BCUT2D eigenvalue weighted by atomic mass is 10.0. The molecule has 1 unspecified atom stereocenters. The second kappa shape index (κ2) is 61.6. The van der Waals surface area contributed by atoms with Crippen molar-refractivity contribution in [2.45, 2.75) is 290 Å². The normalized spacial score (nSPS) is 12.9. The van der Waals surface area contributed by atoms with Crippen molar-refractivity contribution in [1.29, 1.82) is 0 Å². The number of carbonyl (C=O) groups is 3. The highest BCUT2D eigenvalue weighted by atomic mass is 16.6. The van der Waals surface area contributed by atoms with Crippen LogP contribution >= 0.6 is 0 Å². The summed E-state index contributed by atoms with van der Waals surface area (Å²) in [7, 11) is 0. The highest BCUT2D eigenvalue weighted by molar-refractivity contribution is 5.71. The maximum absolute atomic E-state index is 12.9. The zero-order chi connectivity index (χ0) is 53.6. The van der Waals surface area contributed by atoms with Crippen LogP contribution in [0.15, 0.2) is 109 Å². The van der Waals surface area contributed by atoms with E-state index in [0.29, 0.717) is 19.3 Å². The average Bonchev–Trinajstić information content (AvgIpc) is 3.40. The van der Waals surface area contributed by atoms with Crippen molar-refractivity contribution in [2.24, 2.45) is 0 Å². The van der Waals surface area contributed by atoms with E-state index in [0.717, 1.165) is 122 Å². The molecular formula is C68H114O6. The summed E-state index contributed by atoms with van der Waals surface area (Å²) in [6.07, 6.45) is 83.7. The van der Waals surface area contributed by atoms with Gasteiger partial charge in [0.25, 0.3) is 0 Å². The van der Waals surface area contributed by atoms with Gasteiger partial charge in [0.2, 0.25) is 0 Å². The van der Waals surface area contributed by atoms with E-state index < -0.39 is 6.10 Å². The summed E-state index contributed by atoms with van der Waals surface area (Å²) < 4.78 is 16.9. The third-order valence-electron chi connectivity index (χ3n) is 13.0. The van der Waals surface area contributed by atoms with Gasteiger partial charge in [0, 0.05) is 19.3 Å². The second-order valence-electron chi connectivity index (χ2n) is 20.2. The molecule has 0 heterocycles. The Morgan fingerprint density at radius 2 is 0.527 bits per heavy atom. The van der Waals surface area contributed by atoms with Gasteiger partial charge in [-0.15, -0.1) is 0 Å². The molecule has 0 rings (SSSR count). The maximum Gasteiger partial charge on any atom is 0.306 e. The topological polar surface area (TPSA) is 78.9 Å². The number of carbonyl (C=O) groups excluding carboxylic acids is 3. The fourth-order valence-electron chi connectivity index (χ4n) is 8.46. The Hall–Kier alpha value is -3.93. The molecule has 0 aromatic carbocycles. The Kier molecular flexibility index (Phi) is 58.3. The number of hydrogen-bond donors (Lipinski definition) is 0. The molecule has 0 aromatic heterocycles. The van der Waals surface area contributed by atoms with Crippen LogP contribution in [0.3, 0.4) is 0 Å². The Morgan fingerprint density at radius 3 is 0.851 bits per heavy atom. The third kappa shape index (κ3) is 59.0. The lowest BCUT2D eigenvalue weighted by Gasteiger charge is -2.18. The molecule has 6 nitrogen and oxygen atoms in total. The molecule has 0 aliphatic rings. The Bertz CT molecular complexity index is 1510. The van der Waals surface area contributed by atoms with E-state index in [-0.39, 0.29) is 31.1 Å². The molecule has 6 heteroatoms. The average molecular weight is 1030 g/mol. The van der Waals surface area contributed by atoms with Crippen LogP contribution in [0.4, 0.5) is 0 Å². The summed E-state index contributed by atoms with van der Waals surface area (Å²) in [4.78, 5) is 38.3. The number of ether oxygens (including phenoxy) is 3. The summed E-state index contributed by atoms with van der Waals surface area (Å²) in [5.74, 6) is -0.934. The molecular weight excluding hydrogens is 913 g/mol. The predicted molar refractivity (Wildman–Crippen MR) is 320 cm³/mol. The van der Waals surface area contributed by atoms with Crippen LogP contribution in [-0.2, 0) is 28.6 Å². The summed E-state index contributed by atoms with van der Waals surface area (Å²) in [5, 5.41) is 0. The van der Waals surface area contributed by atoms with Crippen molar-refractivity contribution >= 4 is 17.9 Å². The first-order chi connectivity index (χ1) is 36.5. The van der Waals surface area contributed by atoms with Gasteiger partial charge in [-0.2, -0.15) is 0 Å². The van der Waals surface area contributed by atoms with Crippen LogP contribution in [0.25, 0.3) is 0 Å². The largest absolute Gasteiger partial charge is 0.462 e. The predicted octanol–water partition coefficient (Wildman–Crippen LogP) is 21.0. The highest BCUT2D eigenvalue weighted by Gasteiger charge is 2.19. The van der Waals surface area contributed by atoms with Crippen molar-refractivity contribution in [3.8, 4) is 0 Å². The lowest BCUT2D eigenvalue weighted by molar-refractivity contribution is -0.167. The van der Waals surface area contributed by atoms with Crippen LogP contribution in [0, 0.1) is 0 Å². The van der Waals surface area contributed by atoms with Crippen molar-refractivity contribution < 1.29 is 28.6 Å². The SMILES string of the molecule is CC/C=C\C/C=C\C/C=C\C/C=C\C/C=C\CCCCCCCCCCCC(=O)OCC(COC(=O)CCCC/C=C\C/C=C\C/C=C\C/C=C\CC)OC(=O)CCCCCCCCCCCCCCCCCC. The van der Waals surface area contributed by atoms with E-state index in [1.165, 1.54) is 122 Å². The molecule has 0 amide bonds. The zero-order valence-corrected chi connectivity index (χ0v) is 48.3. The number of hydrogen-bond acceptors (Lipinski definition) is 6. The molecule has 0 aliphatic heterocycles. The minimum absolute atomic E-state index is 0.0935. The Morgan fingerprint density at radius 1 is 0.284 bits per heavy atom. The summed E-state index contributed by atoms with van der Waals surface area (Å²) in [5.41, 5.74) is 0. The first-order valence-corrected chi connectivity index (χ1v) is 30.9. The van der Waals surface area contributed by atoms with Gasteiger partial charge in [0.1, 0.15) is 13.2 Å². The first-order valence-electron chi connectivity index (χ1n) is 30.9. The molecule has 0 N–H and O–H groups in total. The quantitative estimate of drug-likeness (QED) is 0.0261. The number of unbranched alkanes of at least 4 members (excludes halogenated alkanes) is 26. The monoisotopic (exact) mass is 1030 g/mol. The highest BCUT2D eigenvalue weighted by Crippen LogP contribution is 2.16. The molecule has 74 heavy (non-hydrogen) atoms. The van der Waals surface area contributed by atoms with Gasteiger partial charge in [-0.1, -0.05) is 271 Å².